The van der Waals surface area contributed by atoms with Crippen molar-refractivity contribution in [2.75, 3.05) is 5.73 Å². The van der Waals surface area contributed by atoms with Crippen LogP contribution in [0.3, 0.4) is 0 Å². The summed E-state index contributed by atoms with van der Waals surface area (Å²) in [4.78, 5) is 18.7. The van der Waals surface area contributed by atoms with E-state index in [4.69, 9.17) is 11.5 Å². The highest BCUT2D eigenvalue weighted by Crippen LogP contribution is 2.14. The van der Waals surface area contributed by atoms with Crippen LogP contribution in [0.25, 0.3) is 0 Å². The Morgan fingerprint density at radius 2 is 2.05 bits per heavy atom. The highest BCUT2D eigenvalue weighted by molar-refractivity contribution is 5.96. The van der Waals surface area contributed by atoms with E-state index in [1.165, 1.54) is 12.3 Å². The zero-order chi connectivity index (χ0) is 14.0. The van der Waals surface area contributed by atoms with Crippen molar-refractivity contribution in [1.29, 1.82) is 0 Å². The Morgan fingerprint density at radius 1 is 1.32 bits per heavy atom. The molecule has 0 saturated heterocycles. The maximum Gasteiger partial charge on any atom is 0.254 e. The van der Waals surface area contributed by atoms with Crippen LogP contribution in [-0.4, -0.2) is 15.9 Å². The molecule has 0 radical (unpaired) electrons. The van der Waals surface area contributed by atoms with E-state index in [9.17, 15) is 13.6 Å². The molecular weight excluding hydrogens is 254 g/mol. The molecule has 0 atom stereocenters. The van der Waals surface area contributed by atoms with Crippen LogP contribution >= 0.6 is 0 Å². The van der Waals surface area contributed by atoms with Crippen molar-refractivity contribution in [2.24, 2.45) is 5.73 Å². The Kier molecular flexibility index (Phi) is 3.37. The Bertz CT molecular complexity index is 646. The predicted molar refractivity (Wildman–Crippen MR) is 64.1 cm³/mol. The molecule has 0 fully saturated rings. The first kappa shape index (κ1) is 12.9. The molecule has 1 heterocycles. The lowest BCUT2D eigenvalue weighted by Gasteiger charge is -2.05. The number of carbonyl (C=O) groups is 1. The average Bonchev–Trinajstić information content (AvgIpc) is 2.32. The Morgan fingerprint density at radius 3 is 2.63 bits per heavy atom. The fraction of sp³-hybridized carbons (Fsp3) is 0.0833. The minimum atomic E-state index is -0.739. The van der Waals surface area contributed by atoms with Crippen LogP contribution in [0.4, 0.5) is 14.6 Å². The van der Waals surface area contributed by atoms with Crippen molar-refractivity contribution in [1.82, 2.24) is 9.97 Å². The lowest BCUT2D eigenvalue weighted by atomic mass is 10.1. The Hall–Kier alpha value is -2.57. The molecule has 7 heteroatoms. The third-order valence-electron chi connectivity index (χ3n) is 2.50. The number of hydrogen-bond donors (Lipinski definition) is 2. The summed E-state index contributed by atoms with van der Waals surface area (Å²) in [6, 6.07) is 3.21. The van der Waals surface area contributed by atoms with E-state index in [0.717, 1.165) is 12.1 Å². The Balaban J connectivity index is 2.29. The molecule has 0 aliphatic rings. The van der Waals surface area contributed by atoms with Gasteiger partial charge in [-0.3, -0.25) is 4.79 Å². The largest absolute Gasteiger partial charge is 0.383 e. The molecule has 0 aliphatic carbocycles. The van der Waals surface area contributed by atoms with E-state index in [2.05, 4.69) is 9.97 Å². The first-order chi connectivity index (χ1) is 8.97. The lowest BCUT2D eigenvalue weighted by Crippen LogP contribution is -2.16. The summed E-state index contributed by atoms with van der Waals surface area (Å²) in [6.45, 7) is 0. The molecule has 98 valence electrons. The van der Waals surface area contributed by atoms with Gasteiger partial charge in [-0.1, -0.05) is 6.07 Å². The van der Waals surface area contributed by atoms with Gasteiger partial charge in [0.2, 0.25) is 0 Å². The second-order valence-corrected chi connectivity index (χ2v) is 3.86. The number of aromatic nitrogens is 2. The molecule has 4 N–H and O–H groups in total. The zero-order valence-electron chi connectivity index (χ0n) is 9.73. The van der Waals surface area contributed by atoms with E-state index in [0.29, 0.717) is 0 Å². The molecule has 1 amide bonds. The monoisotopic (exact) mass is 264 g/mol. The van der Waals surface area contributed by atoms with Crippen LogP contribution in [-0.2, 0) is 6.42 Å². The normalized spacial score (nSPS) is 10.4. The van der Waals surface area contributed by atoms with Crippen LogP contribution in [0, 0.1) is 11.6 Å². The van der Waals surface area contributed by atoms with E-state index in [1.807, 2.05) is 0 Å². The minimum absolute atomic E-state index is 0.00308. The number of hydrogen-bond acceptors (Lipinski definition) is 4. The SMILES string of the molecule is NC(=O)c1cnc(Cc2ccc(F)cc2F)nc1N. The highest BCUT2D eigenvalue weighted by Gasteiger charge is 2.11. The van der Waals surface area contributed by atoms with E-state index >= 15 is 0 Å². The maximum atomic E-state index is 13.4. The number of nitrogens with zero attached hydrogens (tertiary/aromatic N) is 2. The minimum Gasteiger partial charge on any atom is -0.383 e. The molecule has 0 aliphatic heterocycles. The van der Waals surface area contributed by atoms with Gasteiger partial charge in [-0.15, -0.1) is 0 Å². The number of benzene rings is 1. The topological polar surface area (TPSA) is 94.9 Å². The van der Waals surface area contributed by atoms with E-state index in [-0.39, 0.29) is 29.2 Å². The molecule has 0 spiro atoms. The van der Waals surface area contributed by atoms with Gasteiger partial charge in [-0.05, 0) is 11.6 Å². The number of rotatable bonds is 3. The zero-order valence-corrected chi connectivity index (χ0v) is 9.73. The fourth-order valence-electron chi connectivity index (χ4n) is 1.54. The molecule has 1 aromatic heterocycles. The summed E-state index contributed by atoms with van der Waals surface area (Å²) in [5.41, 5.74) is 10.8. The van der Waals surface area contributed by atoms with Gasteiger partial charge in [-0.25, -0.2) is 18.7 Å². The second-order valence-electron chi connectivity index (χ2n) is 3.86. The summed E-state index contributed by atoms with van der Waals surface area (Å²) in [5.74, 6) is -1.95. The number of nitrogens with two attached hydrogens (primary N) is 2. The molecule has 2 aromatic rings. The van der Waals surface area contributed by atoms with Crippen molar-refractivity contribution in [2.45, 2.75) is 6.42 Å². The molecule has 1 aromatic carbocycles. The number of primary amides is 1. The van der Waals surface area contributed by atoms with Crippen LogP contribution in [0.15, 0.2) is 24.4 Å². The number of nitrogen functional groups attached to an aromatic ring is 1. The summed E-state index contributed by atoms with van der Waals surface area (Å²) >= 11 is 0. The van der Waals surface area contributed by atoms with Gasteiger partial charge < -0.3 is 11.5 Å². The third kappa shape index (κ3) is 2.82. The van der Waals surface area contributed by atoms with Crippen molar-refractivity contribution in [3.63, 3.8) is 0 Å². The number of halogens is 2. The number of carbonyl (C=O) groups excluding carboxylic acids is 1. The van der Waals surface area contributed by atoms with Crippen LogP contribution < -0.4 is 11.5 Å². The lowest BCUT2D eigenvalue weighted by molar-refractivity contribution is 0.100. The molecule has 0 unspecified atom stereocenters. The quantitative estimate of drug-likeness (QED) is 0.865. The highest BCUT2D eigenvalue weighted by atomic mass is 19.1. The first-order valence-corrected chi connectivity index (χ1v) is 5.32. The van der Waals surface area contributed by atoms with Crippen molar-refractivity contribution in [3.8, 4) is 0 Å². The van der Waals surface area contributed by atoms with Gasteiger partial charge in [0, 0.05) is 18.7 Å². The predicted octanol–water partition coefficient (Wildman–Crippen LogP) is 1.03. The van der Waals surface area contributed by atoms with Gasteiger partial charge in [0.25, 0.3) is 5.91 Å². The molecular formula is C12H10F2N4O. The van der Waals surface area contributed by atoms with Gasteiger partial charge in [-0.2, -0.15) is 0 Å². The van der Waals surface area contributed by atoms with Gasteiger partial charge in [0.15, 0.2) is 0 Å². The fourth-order valence-corrected chi connectivity index (χ4v) is 1.54. The second kappa shape index (κ2) is 4.97. The van der Waals surface area contributed by atoms with E-state index in [1.54, 1.807) is 0 Å². The summed E-state index contributed by atoms with van der Waals surface area (Å²) < 4.78 is 26.2. The average molecular weight is 264 g/mol. The molecule has 0 saturated carbocycles. The van der Waals surface area contributed by atoms with Crippen LogP contribution in [0.5, 0.6) is 0 Å². The number of amides is 1. The number of anilines is 1. The molecule has 0 bridgehead atoms. The molecule has 2 rings (SSSR count). The van der Waals surface area contributed by atoms with Gasteiger partial charge in [0.1, 0.15) is 23.3 Å². The van der Waals surface area contributed by atoms with Crippen molar-refractivity contribution >= 4 is 11.7 Å². The summed E-state index contributed by atoms with van der Waals surface area (Å²) in [6.07, 6.45) is 1.22. The first-order valence-electron chi connectivity index (χ1n) is 5.32. The van der Waals surface area contributed by atoms with Crippen molar-refractivity contribution < 1.29 is 13.6 Å². The van der Waals surface area contributed by atoms with Gasteiger partial charge >= 0.3 is 0 Å². The smallest absolute Gasteiger partial charge is 0.254 e. The third-order valence-corrected chi connectivity index (χ3v) is 2.50. The Labute approximate surface area is 107 Å². The van der Waals surface area contributed by atoms with Gasteiger partial charge in [0.05, 0.1) is 5.56 Å². The molecule has 19 heavy (non-hydrogen) atoms. The van der Waals surface area contributed by atoms with Crippen molar-refractivity contribution in [3.05, 3.63) is 53.0 Å². The maximum absolute atomic E-state index is 13.4. The summed E-state index contributed by atoms with van der Waals surface area (Å²) in [5, 5.41) is 0. The van der Waals surface area contributed by atoms with Crippen LogP contribution in [0.1, 0.15) is 21.7 Å². The summed E-state index contributed by atoms with van der Waals surface area (Å²) in [7, 11) is 0. The van der Waals surface area contributed by atoms with Crippen LogP contribution in [0.2, 0.25) is 0 Å². The molecule has 5 nitrogen and oxygen atoms in total. The van der Waals surface area contributed by atoms with E-state index < -0.39 is 17.5 Å². The standard InChI is InChI=1S/C12H10F2N4O/c13-7-2-1-6(9(14)4-7)3-10-17-5-8(12(16)19)11(15)18-10/h1-2,4-5H,3H2,(H2,16,19)(H2,15,17,18).